The van der Waals surface area contributed by atoms with Crippen molar-refractivity contribution >= 4 is 23.2 Å². The lowest BCUT2D eigenvalue weighted by Crippen LogP contribution is -2.29. The molecule has 0 aliphatic heterocycles. The van der Waals surface area contributed by atoms with Gasteiger partial charge >= 0.3 is 0 Å². The largest absolute Gasteiger partial charge is 0.314 e. The fourth-order valence-electron chi connectivity index (χ4n) is 2.32. The van der Waals surface area contributed by atoms with Gasteiger partial charge in [-0.25, -0.2) is 0 Å². The van der Waals surface area contributed by atoms with Gasteiger partial charge in [0.15, 0.2) is 0 Å². The first-order chi connectivity index (χ1) is 9.17. The summed E-state index contributed by atoms with van der Waals surface area (Å²) in [7, 11) is 0. The average molecular weight is 302 g/mol. The van der Waals surface area contributed by atoms with Crippen LogP contribution in [0.2, 0.25) is 10.0 Å². The van der Waals surface area contributed by atoms with E-state index in [0.717, 1.165) is 29.4 Å². The molecule has 1 aromatic carbocycles. The molecule has 1 unspecified atom stereocenters. The Morgan fingerprint density at radius 3 is 2.58 bits per heavy atom. The third kappa shape index (κ3) is 6.65. The van der Waals surface area contributed by atoms with E-state index in [1.807, 2.05) is 18.2 Å². The van der Waals surface area contributed by atoms with Crippen molar-refractivity contribution in [3.8, 4) is 0 Å². The van der Waals surface area contributed by atoms with Crippen LogP contribution in [0.1, 0.15) is 51.5 Å². The Morgan fingerprint density at radius 2 is 1.89 bits per heavy atom. The summed E-state index contributed by atoms with van der Waals surface area (Å²) in [5.41, 5.74) is 1.17. The molecule has 108 valence electrons. The minimum atomic E-state index is 0.642. The molecular formula is C16H25Cl2N. The van der Waals surface area contributed by atoms with E-state index in [9.17, 15) is 0 Å². The molecule has 3 heteroatoms. The number of benzene rings is 1. The zero-order valence-corrected chi connectivity index (χ0v) is 13.5. The zero-order chi connectivity index (χ0) is 14.1. The molecule has 1 nitrogen and oxygen atoms in total. The number of aryl methyl sites for hydroxylation is 1. The second-order valence-electron chi connectivity index (χ2n) is 5.07. The van der Waals surface area contributed by atoms with Crippen LogP contribution in [0, 0.1) is 0 Å². The summed E-state index contributed by atoms with van der Waals surface area (Å²) in [5.74, 6) is 0. The molecule has 0 aliphatic carbocycles. The molecule has 0 heterocycles. The SMILES string of the molecule is CCCNC(CCC)CCCc1cc(Cl)ccc1Cl. The van der Waals surface area contributed by atoms with E-state index >= 15 is 0 Å². The predicted molar refractivity (Wildman–Crippen MR) is 86.4 cm³/mol. The van der Waals surface area contributed by atoms with Crippen LogP contribution >= 0.6 is 23.2 Å². The normalized spacial score (nSPS) is 12.6. The van der Waals surface area contributed by atoms with Crippen LogP contribution in [0.3, 0.4) is 0 Å². The van der Waals surface area contributed by atoms with E-state index < -0.39 is 0 Å². The van der Waals surface area contributed by atoms with Crippen molar-refractivity contribution < 1.29 is 0 Å². The Kier molecular flexibility index (Phi) is 8.52. The fraction of sp³-hybridized carbons (Fsp3) is 0.625. The van der Waals surface area contributed by atoms with Gasteiger partial charge in [-0.3, -0.25) is 0 Å². The van der Waals surface area contributed by atoms with Crippen molar-refractivity contribution in [2.45, 2.75) is 58.4 Å². The molecule has 0 fully saturated rings. The van der Waals surface area contributed by atoms with Crippen LogP contribution in [0.15, 0.2) is 18.2 Å². The molecule has 0 bridgehead atoms. The summed E-state index contributed by atoms with van der Waals surface area (Å²) in [6.07, 6.45) is 7.05. The number of rotatable bonds is 9. The van der Waals surface area contributed by atoms with Crippen molar-refractivity contribution in [2.24, 2.45) is 0 Å². The lowest BCUT2D eigenvalue weighted by Gasteiger charge is -2.17. The first-order valence-electron chi connectivity index (χ1n) is 7.34. The summed E-state index contributed by atoms with van der Waals surface area (Å²) < 4.78 is 0. The summed E-state index contributed by atoms with van der Waals surface area (Å²) >= 11 is 12.2. The topological polar surface area (TPSA) is 12.0 Å². The smallest absolute Gasteiger partial charge is 0.0439 e. The Labute approximate surface area is 127 Å². The van der Waals surface area contributed by atoms with Gasteiger partial charge in [-0.15, -0.1) is 0 Å². The molecule has 0 aliphatic rings. The second-order valence-corrected chi connectivity index (χ2v) is 5.91. The Morgan fingerprint density at radius 1 is 1.11 bits per heavy atom. The number of halogens is 2. The molecule has 0 saturated carbocycles. The van der Waals surface area contributed by atoms with Crippen molar-refractivity contribution in [1.82, 2.24) is 5.32 Å². The van der Waals surface area contributed by atoms with E-state index in [1.54, 1.807) is 0 Å². The fourth-order valence-corrected chi connectivity index (χ4v) is 2.73. The van der Waals surface area contributed by atoms with E-state index in [0.29, 0.717) is 6.04 Å². The minimum Gasteiger partial charge on any atom is -0.314 e. The van der Waals surface area contributed by atoms with Crippen LogP contribution < -0.4 is 5.32 Å². The van der Waals surface area contributed by atoms with Crippen LogP contribution in [0.25, 0.3) is 0 Å². The Bertz CT molecular complexity index is 366. The van der Waals surface area contributed by atoms with Crippen molar-refractivity contribution in [3.05, 3.63) is 33.8 Å². The van der Waals surface area contributed by atoms with Gasteiger partial charge in [0.2, 0.25) is 0 Å². The zero-order valence-electron chi connectivity index (χ0n) is 12.0. The molecule has 1 N–H and O–H groups in total. The first kappa shape index (κ1) is 16.8. The summed E-state index contributed by atoms with van der Waals surface area (Å²) in [6.45, 7) is 5.57. The van der Waals surface area contributed by atoms with Gasteiger partial charge in [0, 0.05) is 16.1 Å². The molecule has 0 spiro atoms. The summed E-state index contributed by atoms with van der Waals surface area (Å²) in [5, 5.41) is 5.23. The number of hydrogen-bond donors (Lipinski definition) is 1. The monoisotopic (exact) mass is 301 g/mol. The maximum Gasteiger partial charge on any atom is 0.0439 e. The number of nitrogens with one attached hydrogen (secondary N) is 1. The molecule has 1 rings (SSSR count). The average Bonchev–Trinajstić information content (AvgIpc) is 2.40. The predicted octanol–water partition coefficient (Wildman–Crippen LogP) is 5.48. The van der Waals surface area contributed by atoms with Crippen LogP contribution in [0.4, 0.5) is 0 Å². The minimum absolute atomic E-state index is 0.642. The first-order valence-corrected chi connectivity index (χ1v) is 8.10. The molecule has 0 amide bonds. The highest BCUT2D eigenvalue weighted by Gasteiger charge is 2.07. The lowest BCUT2D eigenvalue weighted by molar-refractivity contribution is 0.438. The highest BCUT2D eigenvalue weighted by atomic mass is 35.5. The molecule has 19 heavy (non-hydrogen) atoms. The van der Waals surface area contributed by atoms with Gasteiger partial charge in [0.25, 0.3) is 0 Å². The Balaban J connectivity index is 2.40. The quantitative estimate of drug-likeness (QED) is 0.636. The summed E-state index contributed by atoms with van der Waals surface area (Å²) in [4.78, 5) is 0. The lowest BCUT2D eigenvalue weighted by atomic mass is 10.0. The highest BCUT2D eigenvalue weighted by Crippen LogP contribution is 2.22. The standard InChI is InChI=1S/C16H25Cl2N/c1-3-6-15(19-11-4-2)8-5-7-13-12-14(17)9-10-16(13)18/h9-10,12,15,19H,3-8,11H2,1-2H3. The van der Waals surface area contributed by atoms with Gasteiger partial charge in [0.1, 0.15) is 0 Å². The van der Waals surface area contributed by atoms with E-state index in [1.165, 1.54) is 31.2 Å². The molecule has 1 atom stereocenters. The van der Waals surface area contributed by atoms with Gasteiger partial charge in [-0.2, -0.15) is 0 Å². The third-order valence-corrected chi connectivity index (χ3v) is 3.93. The maximum absolute atomic E-state index is 6.18. The van der Waals surface area contributed by atoms with Gasteiger partial charge in [-0.05, 0) is 62.4 Å². The molecule has 0 saturated heterocycles. The number of hydrogen-bond acceptors (Lipinski definition) is 1. The van der Waals surface area contributed by atoms with Gasteiger partial charge < -0.3 is 5.32 Å². The van der Waals surface area contributed by atoms with Gasteiger partial charge in [0.05, 0.1) is 0 Å². The summed E-state index contributed by atoms with van der Waals surface area (Å²) in [6, 6.07) is 6.36. The van der Waals surface area contributed by atoms with Crippen LogP contribution in [0.5, 0.6) is 0 Å². The van der Waals surface area contributed by atoms with Crippen LogP contribution in [-0.4, -0.2) is 12.6 Å². The molecule has 0 aromatic heterocycles. The second kappa shape index (κ2) is 9.63. The van der Waals surface area contributed by atoms with E-state index in [4.69, 9.17) is 23.2 Å². The van der Waals surface area contributed by atoms with Crippen molar-refractivity contribution in [2.75, 3.05) is 6.54 Å². The highest BCUT2D eigenvalue weighted by molar-refractivity contribution is 6.33. The van der Waals surface area contributed by atoms with E-state index in [-0.39, 0.29) is 0 Å². The van der Waals surface area contributed by atoms with Gasteiger partial charge in [-0.1, -0.05) is 43.5 Å². The van der Waals surface area contributed by atoms with Crippen molar-refractivity contribution in [1.29, 1.82) is 0 Å². The molecule has 0 radical (unpaired) electrons. The Hall–Kier alpha value is -0.240. The van der Waals surface area contributed by atoms with Crippen LogP contribution in [-0.2, 0) is 6.42 Å². The molecular weight excluding hydrogens is 277 g/mol. The van der Waals surface area contributed by atoms with Crippen molar-refractivity contribution in [3.63, 3.8) is 0 Å². The third-order valence-electron chi connectivity index (χ3n) is 3.33. The van der Waals surface area contributed by atoms with E-state index in [2.05, 4.69) is 19.2 Å². The maximum atomic E-state index is 6.18. The molecule has 1 aromatic rings.